The summed E-state index contributed by atoms with van der Waals surface area (Å²) in [7, 11) is 0. The summed E-state index contributed by atoms with van der Waals surface area (Å²) < 4.78 is 27.9. The van der Waals surface area contributed by atoms with Gasteiger partial charge >= 0.3 is 0 Å². The Morgan fingerprint density at radius 1 is 1.47 bits per heavy atom. The number of halogens is 2. The normalized spacial score (nSPS) is 20.7. The van der Waals surface area contributed by atoms with E-state index in [0.717, 1.165) is 5.69 Å². The molecule has 0 atom stereocenters. The molecule has 0 unspecified atom stereocenters. The molecule has 1 aliphatic rings. The van der Waals surface area contributed by atoms with Crippen LogP contribution in [0.15, 0.2) is 6.20 Å². The molecule has 0 saturated heterocycles. The molecular weight excluding hydrogens is 226 g/mol. The van der Waals surface area contributed by atoms with Crippen molar-refractivity contribution < 1.29 is 13.9 Å². The first kappa shape index (κ1) is 12.5. The molecule has 5 heteroatoms. The van der Waals surface area contributed by atoms with Gasteiger partial charge < -0.3 is 9.67 Å². The molecule has 1 fully saturated rings. The predicted molar refractivity (Wildman–Crippen MR) is 59.8 cm³/mol. The van der Waals surface area contributed by atoms with Crippen molar-refractivity contribution in [2.75, 3.05) is 0 Å². The van der Waals surface area contributed by atoms with Gasteiger partial charge in [-0.05, 0) is 25.7 Å². The number of aliphatic hydroxyl groups excluding tert-OH is 1. The fourth-order valence-electron chi connectivity index (χ4n) is 2.44. The van der Waals surface area contributed by atoms with Crippen LogP contribution in [0.5, 0.6) is 0 Å². The minimum Gasteiger partial charge on any atom is -0.388 e. The lowest BCUT2D eigenvalue weighted by atomic mass is 9.87. The maximum absolute atomic E-state index is 13.0. The van der Waals surface area contributed by atoms with Gasteiger partial charge in [-0.1, -0.05) is 0 Å². The van der Waals surface area contributed by atoms with Crippen LogP contribution in [0.2, 0.25) is 0 Å². The number of imidazole rings is 1. The van der Waals surface area contributed by atoms with Gasteiger partial charge in [0.2, 0.25) is 5.92 Å². The summed E-state index contributed by atoms with van der Waals surface area (Å²) in [6.07, 6.45) is 2.95. The summed E-state index contributed by atoms with van der Waals surface area (Å²) >= 11 is 0. The molecule has 1 aliphatic carbocycles. The Labute approximate surface area is 99.5 Å². The molecule has 0 bridgehead atoms. The molecule has 1 aromatic rings. The SMILES string of the molecule is Cc1cn(CC2CCC(F)(F)CC2)c(CO)n1. The quantitative estimate of drug-likeness (QED) is 0.887. The third-order valence-corrected chi connectivity index (χ3v) is 3.41. The Bertz CT molecular complexity index is 380. The fourth-order valence-corrected chi connectivity index (χ4v) is 2.44. The second-order valence-electron chi connectivity index (χ2n) is 4.91. The molecule has 1 aromatic heterocycles. The first-order valence-corrected chi connectivity index (χ1v) is 6.01. The predicted octanol–water partition coefficient (Wildman–Crippen LogP) is 2.51. The van der Waals surface area contributed by atoms with Crippen molar-refractivity contribution in [1.29, 1.82) is 0 Å². The van der Waals surface area contributed by atoms with Crippen molar-refractivity contribution in [3.05, 3.63) is 17.7 Å². The molecule has 0 spiro atoms. The average molecular weight is 244 g/mol. The van der Waals surface area contributed by atoms with E-state index in [0.29, 0.717) is 25.2 Å². The Kier molecular flexibility index (Phi) is 3.47. The summed E-state index contributed by atoms with van der Waals surface area (Å²) in [4.78, 5) is 4.19. The fraction of sp³-hybridized carbons (Fsp3) is 0.750. The summed E-state index contributed by atoms with van der Waals surface area (Å²) in [5.41, 5.74) is 0.857. The van der Waals surface area contributed by atoms with Crippen LogP contribution in [0.25, 0.3) is 0 Å². The number of alkyl halides is 2. The van der Waals surface area contributed by atoms with E-state index in [2.05, 4.69) is 4.98 Å². The van der Waals surface area contributed by atoms with Gasteiger partial charge in [0.1, 0.15) is 12.4 Å². The minimum absolute atomic E-state index is 0.0141. The van der Waals surface area contributed by atoms with Crippen molar-refractivity contribution >= 4 is 0 Å². The Balaban J connectivity index is 1.97. The van der Waals surface area contributed by atoms with Crippen LogP contribution < -0.4 is 0 Å². The smallest absolute Gasteiger partial charge is 0.248 e. The lowest BCUT2D eigenvalue weighted by Gasteiger charge is -2.28. The van der Waals surface area contributed by atoms with Crippen LogP contribution in [0, 0.1) is 12.8 Å². The largest absolute Gasteiger partial charge is 0.388 e. The van der Waals surface area contributed by atoms with Crippen molar-refractivity contribution in [3.63, 3.8) is 0 Å². The first-order valence-electron chi connectivity index (χ1n) is 6.01. The average Bonchev–Trinajstić information content (AvgIpc) is 2.62. The number of rotatable bonds is 3. The standard InChI is InChI=1S/C12H18F2N2O/c1-9-6-16(11(8-17)15-9)7-10-2-4-12(13,14)5-3-10/h6,10,17H,2-5,7-8H2,1H3. The van der Waals surface area contributed by atoms with Gasteiger partial charge in [-0.25, -0.2) is 13.8 Å². The van der Waals surface area contributed by atoms with E-state index in [1.54, 1.807) is 0 Å². The molecule has 0 aliphatic heterocycles. The van der Waals surface area contributed by atoms with Crippen LogP contribution in [0.4, 0.5) is 8.78 Å². The maximum atomic E-state index is 13.0. The molecule has 0 radical (unpaired) electrons. The van der Waals surface area contributed by atoms with Crippen LogP contribution in [0.1, 0.15) is 37.2 Å². The zero-order chi connectivity index (χ0) is 12.5. The molecule has 96 valence electrons. The number of nitrogens with zero attached hydrogens (tertiary/aromatic N) is 2. The number of aromatic nitrogens is 2. The third-order valence-electron chi connectivity index (χ3n) is 3.41. The number of hydrogen-bond acceptors (Lipinski definition) is 2. The van der Waals surface area contributed by atoms with Crippen molar-refractivity contribution in [1.82, 2.24) is 9.55 Å². The van der Waals surface area contributed by atoms with Crippen molar-refractivity contribution in [3.8, 4) is 0 Å². The highest BCUT2D eigenvalue weighted by Crippen LogP contribution is 2.36. The van der Waals surface area contributed by atoms with E-state index >= 15 is 0 Å². The van der Waals surface area contributed by atoms with Gasteiger partial charge in [0.25, 0.3) is 0 Å². The Hall–Kier alpha value is -0.970. The molecule has 1 saturated carbocycles. The topological polar surface area (TPSA) is 38.0 Å². The molecule has 1 N–H and O–H groups in total. The number of aryl methyl sites for hydroxylation is 1. The van der Waals surface area contributed by atoms with Crippen molar-refractivity contribution in [2.24, 2.45) is 5.92 Å². The van der Waals surface area contributed by atoms with E-state index in [1.165, 1.54) is 0 Å². The molecular formula is C12H18F2N2O. The molecule has 3 nitrogen and oxygen atoms in total. The summed E-state index contributed by atoms with van der Waals surface area (Å²) in [5, 5.41) is 9.14. The Morgan fingerprint density at radius 3 is 2.71 bits per heavy atom. The van der Waals surface area contributed by atoms with Crippen LogP contribution in [-0.4, -0.2) is 20.6 Å². The number of aliphatic hydroxyl groups is 1. The highest BCUT2D eigenvalue weighted by molar-refractivity contribution is 5.01. The highest BCUT2D eigenvalue weighted by atomic mass is 19.3. The first-order chi connectivity index (χ1) is 8.00. The molecule has 2 rings (SSSR count). The zero-order valence-electron chi connectivity index (χ0n) is 9.99. The van der Waals surface area contributed by atoms with E-state index in [-0.39, 0.29) is 25.4 Å². The van der Waals surface area contributed by atoms with E-state index in [1.807, 2.05) is 17.7 Å². The minimum atomic E-state index is -2.47. The van der Waals surface area contributed by atoms with E-state index < -0.39 is 5.92 Å². The number of hydrogen-bond donors (Lipinski definition) is 1. The second kappa shape index (κ2) is 4.72. The lowest BCUT2D eigenvalue weighted by molar-refractivity contribution is -0.0474. The highest BCUT2D eigenvalue weighted by Gasteiger charge is 2.34. The Morgan fingerprint density at radius 2 is 2.12 bits per heavy atom. The molecule has 1 heterocycles. The maximum Gasteiger partial charge on any atom is 0.248 e. The lowest BCUT2D eigenvalue weighted by Crippen LogP contribution is -2.27. The molecule has 0 aromatic carbocycles. The zero-order valence-corrected chi connectivity index (χ0v) is 9.99. The van der Waals surface area contributed by atoms with E-state index in [9.17, 15) is 8.78 Å². The molecule has 17 heavy (non-hydrogen) atoms. The summed E-state index contributed by atoms with van der Waals surface area (Å²) in [6.45, 7) is 2.45. The van der Waals surface area contributed by atoms with Gasteiger partial charge in [0.05, 0.1) is 5.69 Å². The third kappa shape index (κ3) is 3.03. The summed E-state index contributed by atoms with van der Waals surface area (Å²) in [5.74, 6) is -1.57. The van der Waals surface area contributed by atoms with Crippen LogP contribution in [-0.2, 0) is 13.2 Å². The van der Waals surface area contributed by atoms with Crippen LogP contribution >= 0.6 is 0 Å². The summed E-state index contributed by atoms with van der Waals surface area (Å²) in [6, 6.07) is 0. The van der Waals surface area contributed by atoms with Crippen LogP contribution in [0.3, 0.4) is 0 Å². The van der Waals surface area contributed by atoms with Gasteiger partial charge in [-0.2, -0.15) is 0 Å². The van der Waals surface area contributed by atoms with Crippen molar-refractivity contribution in [2.45, 2.75) is 51.7 Å². The molecule has 0 amide bonds. The van der Waals surface area contributed by atoms with Gasteiger partial charge in [0.15, 0.2) is 0 Å². The monoisotopic (exact) mass is 244 g/mol. The van der Waals surface area contributed by atoms with Gasteiger partial charge in [-0.15, -0.1) is 0 Å². The van der Waals surface area contributed by atoms with Gasteiger partial charge in [0, 0.05) is 25.6 Å². The second-order valence-corrected chi connectivity index (χ2v) is 4.91. The van der Waals surface area contributed by atoms with E-state index in [4.69, 9.17) is 5.11 Å². The van der Waals surface area contributed by atoms with Gasteiger partial charge in [-0.3, -0.25) is 0 Å².